The Morgan fingerprint density at radius 3 is 2.87 bits per heavy atom. The van der Waals surface area contributed by atoms with E-state index >= 15 is 0 Å². The average molecular weight is 308 g/mol. The van der Waals surface area contributed by atoms with Gasteiger partial charge in [0.15, 0.2) is 0 Å². The van der Waals surface area contributed by atoms with Crippen molar-refractivity contribution in [3.63, 3.8) is 0 Å². The van der Waals surface area contributed by atoms with E-state index in [-0.39, 0.29) is 5.91 Å². The van der Waals surface area contributed by atoms with Crippen LogP contribution in [-0.4, -0.2) is 17.6 Å². The predicted octanol–water partition coefficient (Wildman–Crippen LogP) is 3.82. The van der Waals surface area contributed by atoms with Crippen LogP contribution in [0.3, 0.4) is 0 Å². The number of carbonyl (C=O) groups excluding carboxylic acids is 1. The molecule has 0 unspecified atom stereocenters. The van der Waals surface area contributed by atoms with E-state index in [0.29, 0.717) is 19.6 Å². The number of aromatic nitrogens is 1. The van der Waals surface area contributed by atoms with Crippen LogP contribution >= 0.6 is 0 Å². The molecule has 4 heteroatoms. The number of carbonyl (C=O) groups is 1. The Morgan fingerprint density at radius 2 is 2.00 bits per heavy atom. The van der Waals surface area contributed by atoms with Crippen molar-refractivity contribution in [2.24, 2.45) is 0 Å². The molecule has 3 aromatic rings. The summed E-state index contributed by atoms with van der Waals surface area (Å²) in [6.07, 6.45) is 2.46. The Hall–Kier alpha value is -2.59. The van der Waals surface area contributed by atoms with E-state index in [1.807, 2.05) is 42.6 Å². The molecule has 1 amide bonds. The maximum absolute atomic E-state index is 12.2. The van der Waals surface area contributed by atoms with E-state index in [4.69, 9.17) is 4.74 Å². The topological polar surface area (TPSA) is 43.3 Å². The van der Waals surface area contributed by atoms with E-state index in [1.165, 1.54) is 5.39 Å². The van der Waals surface area contributed by atoms with Gasteiger partial charge >= 0.3 is 0 Å². The molecule has 0 aliphatic rings. The van der Waals surface area contributed by atoms with Crippen LogP contribution in [-0.2, 0) is 22.7 Å². The Kier molecular flexibility index (Phi) is 4.74. The van der Waals surface area contributed by atoms with Gasteiger partial charge < -0.3 is 14.6 Å². The smallest absolute Gasteiger partial charge is 0.226 e. The van der Waals surface area contributed by atoms with E-state index in [9.17, 15) is 4.79 Å². The normalized spacial score (nSPS) is 10.8. The number of rotatable bonds is 6. The van der Waals surface area contributed by atoms with Gasteiger partial charge in [0.2, 0.25) is 5.91 Å². The van der Waals surface area contributed by atoms with Gasteiger partial charge in [-0.1, -0.05) is 30.3 Å². The van der Waals surface area contributed by atoms with Crippen molar-refractivity contribution >= 4 is 22.5 Å². The molecule has 2 aromatic carbocycles. The molecular formula is C19H20N2O2. The molecule has 4 nitrogen and oxygen atoms in total. The maximum Gasteiger partial charge on any atom is 0.226 e. The van der Waals surface area contributed by atoms with Gasteiger partial charge in [-0.25, -0.2) is 0 Å². The lowest BCUT2D eigenvalue weighted by Gasteiger charge is -2.08. The summed E-state index contributed by atoms with van der Waals surface area (Å²) in [5.74, 6) is 0.0114. The number of nitrogens with zero attached hydrogens (tertiary/aromatic N) is 1. The number of methoxy groups -OCH3 is 1. The van der Waals surface area contributed by atoms with Crippen LogP contribution in [0, 0.1) is 0 Å². The Balaban J connectivity index is 1.60. The van der Waals surface area contributed by atoms with Crippen molar-refractivity contribution in [3.05, 3.63) is 66.4 Å². The summed E-state index contributed by atoms with van der Waals surface area (Å²) in [7, 11) is 1.66. The Morgan fingerprint density at radius 1 is 1.13 bits per heavy atom. The van der Waals surface area contributed by atoms with Gasteiger partial charge in [-0.2, -0.15) is 0 Å². The first-order chi connectivity index (χ1) is 11.3. The van der Waals surface area contributed by atoms with Crippen LogP contribution in [0.2, 0.25) is 0 Å². The van der Waals surface area contributed by atoms with Gasteiger partial charge in [0.05, 0.1) is 6.61 Å². The van der Waals surface area contributed by atoms with Crippen molar-refractivity contribution < 1.29 is 9.53 Å². The van der Waals surface area contributed by atoms with Gasteiger partial charge in [0.25, 0.3) is 0 Å². The number of fused-ring (bicyclic) bond motifs is 1. The molecule has 1 heterocycles. The second-order valence-corrected chi connectivity index (χ2v) is 5.50. The first-order valence-corrected chi connectivity index (χ1v) is 7.68. The maximum atomic E-state index is 12.2. The molecule has 3 rings (SSSR count). The SMILES string of the molecule is COCc1cccc(NC(=O)CCn2ccc3ccccc32)c1. The number of para-hydroxylation sites is 1. The fourth-order valence-corrected chi connectivity index (χ4v) is 2.69. The molecule has 23 heavy (non-hydrogen) atoms. The third kappa shape index (κ3) is 3.79. The number of benzene rings is 2. The molecule has 0 aliphatic heterocycles. The van der Waals surface area contributed by atoms with Gasteiger partial charge in [-0.3, -0.25) is 4.79 Å². The number of aryl methyl sites for hydroxylation is 1. The molecule has 1 N–H and O–H groups in total. The van der Waals surface area contributed by atoms with Crippen LogP contribution in [0.25, 0.3) is 10.9 Å². The van der Waals surface area contributed by atoms with Crippen molar-refractivity contribution in [3.8, 4) is 0 Å². The Bertz CT molecular complexity index is 808. The molecule has 0 saturated carbocycles. The molecule has 0 fully saturated rings. The lowest BCUT2D eigenvalue weighted by Crippen LogP contribution is -2.14. The van der Waals surface area contributed by atoms with E-state index in [2.05, 4.69) is 28.1 Å². The quantitative estimate of drug-likeness (QED) is 0.752. The number of anilines is 1. The molecule has 0 saturated heterocycles. The Labute approximate surface area is 135 Å². The number of nitrogens with one attached hydrogen (secondary N) is 1. The first kappa shape index (κ1) is 15.3. The summed E-state index contributed by atoms with van der Waals surface area (Å²) in [6.45, 7) is 1.20. The molecule has 1 aromatic heterocycles. The standard InChI is InChI=1S/C19H20N2O2/c1-23-14-15-5-4-7-17(13-15)20-19(22)10-12-21-11-9-16-6-2-3-8-18(16)21/h2-9,11,13H,10,12,14H2,1H3,(H,20,22). The summed E-state index contributed by atoms with van der Waals surface area (Å²) in [6, 6.07) is 18.0. The van der Waals surface area contributed by atoms with E-state index in [0.717, 1.165) is 16.8 Å². The van der Waals surface area contributed by atoms with Gasteiger partial charge in [-0.05, 0) is 35.2 Å². The second-order valence-electron chi connectivity index (χ2n) is 5.50. The minimum Gasteiger partial charge on any atom is -0.380 e. The van der Waals surface area contributed by atoms with E-state index < -0.39 is 0 Å². The van der Waals surface area contributed by atoms with Crippen LogP contribution in [0.5, 0.6) is 0 Å². The van der Waals surface area contributed by atoms with Crippen LogP contribution in [0.15, 0.2) is 60.8 Å². The zero-order valence-electron chi connectivity index (χ0n) is 13.2. The lowest BCUT2D eigenvalue weighted by atomic mass is 10.2. The summed E-state index contributed by atoms with van der Waals surface area (Å²) < 4.78 is 7.22. The molecule has 0 spiro atoms. The highest BCUT2D eigenvalue weighted by atomic mass is 16.5. The van der Waals surface area contributed by atoms with Gasteiger partial charge in [-0.15, -0.1) is 0 Å². The summed E-state index contributed by atoms with van der Waals surface area (Å²) >= 11 is 0. The first-order valence-electron chi connectivity index (χ1n) is 7.68. The number of hydrogen-bond donors (Lipinski definition) is 1. The fraction of sp³-hybridized carbons (Fsp3) is 0.211. The molecule has 0 bridgehead atoms. The van der Waals surface area contributed by atoms with Crippen LogP contribution in [0.1, 0.15) is 12.0 Å². The summed E-state index contributed by atoms with van der Waals surface area (Å²) in [5.41, 5.74) is 3.01. The molecular weight excluding hydrogens is 288 g/mol. The molecule has 0 aliphatic carbocycles. The highest BCUT2D eigenvalue weighted by Crippen LogP contribution is 2.16. The number of amides is 1. The average Bonchev–Trinajstić information content (AvgIpc) is 2.97. The molecule has 0 radical (unpaired) electrons. The third-order valence-electron chi connectivity index (χ3n) is 3.78. The third-order valence-corrected chi connectivity index (χ3v) is 3.78. The van der Waals surface area contributed by atoms with Crippen LogP contribution in [0.4, 0.5) is 5.69 Å². The van der Waals surface area contributed by atoms with Crippen molar-refractivity contribution in [2.45, 2.75) is 19.6 Å². The van der Waals surface area contributed by atoms with Crippen molar-refractivity contribution in [1.82, 2.24) is 4.57 Å². The zero-order chi connectivity index (χ0) is 16.1. The lowest BCUT2D eigenvalue weighted by molar-refractivity contribution is -0.116. The van der Waals surface area contributed by atoms with Gasteiger partial charge in [0, 0.05) is 37.5 Å². The van der Waals surface area contributed by atoms with E-state index in [1.54, 1.807) is 7.11 Å². The minimum atomic E-state index is 0.0114. The zero-order valence-corrected chi connectivity index (χ0v) is 13.2. The molecule has 118 valence electrons. The highest BCUT2D eigenvalue weighted by molar-refractivity contribution is 5.90. The fourth-order valence-electron chi connectivity index (χ4n) is 2.69. The second kappa shape index (κ2) is 7.11. The van der Waals surface area contributed by atoms with Crippen molar-refractivity contribution in [2.75, 3.05) is 12.4 Å². The molecule has 0 atom stereocenters. The van der Waals surface area contributed by atoms with Gasteiger partial charge in [0.1, 0.15) is 0 Å². The number of ether oxygens (including phenoxy) is 1. The number of hydrogen-bond acceptors (Lipinski definition) is 2. The summed E-state index contributed by atoms with van der Waals surface area (Å²) in [5, 5.41) is 4.14. The summed E-state index contributed by atoms with van der Waals surface area (Å²) in [4.78, 5) is 12.2. The highest BCUT2D eigenvalue weighted by Gasteiger charge is 2.05. The largest absolute Gasteiger partial charge is 0.380 e. The monoisotopic (exact) mass is 308 g/mol. The predicted molar refractivity (Wildman–Crippen MR) is 92.3 cm³/mol. The van der Waals surface area contributed by atoms with Crippen LogP contribution < -0.4 is 5.32 Å². The minimum absolute atomic E-state index is 0.0114. The van der Waals surface area contributed by atoms with Crippen molar-refractivity contribution in [1.29, 1.82) is 0 Å².